The van der Waals surface area contributed by atoms with Gasteiger partial charge in [-0.2, -0.15) is 0 Å². The second kappa shape index (κ2) is 6.76. The van der Waals surface area contributed by atoms with Crippen LogP contribution in [0, 0.1) is 0 Å². The number of hydrogen-bond acceptors (Lipinski definition) is 2. The van der Waals surface area contributed by atoms with Crippen molar-refractivity contribution >= 4 is 34.8 Å². The van der Waals surface area contributed by atoms with Gasteiger partial charge in [0, 0.05) is 29.4 Å². The molecule has 1 aliphatic carbocycles. The predicted molar refractivity (Wildman–Crippen MR) is 104 cm³/mol. The number of halogens is 1. The zero-order valence-electron chi connectivity index (χ0n) is 14.5. The highest BCUT2D eigenvalue weighted by molar-refractivity contribution is 6.30. The molecule has 1 N–H and O–H groups in total. The van der Waals surface area contributed by atoms with E-state index >= 15 is 0 Å². The van der Waals surface area contributed by atoms with E-state index in [1.807, 2.05) is 48.5 Å². The molecule has 0 radical (unpaired) electrons. The van der Waals surface area contributed by atoms with Crippen LogP contribution in [0.2, 0.25) is 5.02 Å². The van der Waals surface area contributed by atoms with Crippen LogP contribution in [0.4, 0.5) is 11.4 Å². The number of hydrogen-bond donors (Lipinski definition) is 1. The molecule has 1 heterocycles. The summed E-state index contributed by atoms with van der Waals surface area (Å²) in [5.74, 6) is 0.154. The number of carbonyl (C=O) groups excluding carboxylic acids is 2. The van der Waals surface area contributed by atoms with Gasteiger partial charge in [0.2, 0.25) is 11.8 Å². The molecule has 1 saturated heterocycles. The van der Waals surface area contributed by atoms with Gasteiger partial charge in [-0.1, -0.05) is 36.2 Å². The maximum absolute atomic E-state index is 13.1. The number of amides is 2. The summed E-state index contributed by atoms with van der Waals surface area (Å²) in [6.45, 7) is 0.741. The third-order valence-corrected chi connectivity index (χ3v) is 5.78. The number of nitrogens with one attached hydrogen (secondary N) is 1. The molecular weight excluding hydrogens is 348 g/mol. The van der Waals surface area contributed by atoms with Crippen molar-refractivity contribution in [2.75, 3.05) is 16.8 Å². The van der Waals surface area contributed by atoms with E-state index in [2.05, 4.69) is 5.32 Å². The molecule has 0 unspecified atom stereocenters. The molecule has 4 nitrogen and oxygen atoms in total. The van der Waals surface area contributed by atoms with Crippen LogP contribution in [0.15, 0.2) is 48.5 Å². The Balaban J connectivity index is 1.56. The average Bonchev–Trinajstić information content (AvgIpc) is 3.02. The molecule has 0 spiro atoms. The molecule has 0 atom stereocenters. The molecule has 134 valence electrons. The molecule has 4 rings (SSSR count). The summed E-state index contributed by atoms with van der Waals surface area (Å²) in [7, 11) is 0. The minimum Gasteiger partial charge on any atom is -0.325 e. The van der Waals surface area contributed by atoms with Gasteiger partial charge in [0.15, 0.2) is 0 Å². The highest BCUT2D eigenvalue weighted by Crippen LogP contribution is 2.45. The third kappa shape index (κ3) is 2.99. The lowest BCUT2D eigenvalue weighted by molar-refractivity contribution is -0.124. The molecule has 1 saturated carbocycles. The Labute approximate surface area is 158 Å². The number of anilines is 2. The highest BCUT2D eigenvalue weighted by atomic mass is 35.5. The fraction of sp³-hybridized carbons (Fsp3) is 0.333. The van der Waals surface area contributed by atoms with Gasteiger partial charge < -0.3 is 10.2 Å². The van der Waals surface area contributed by atoms with Crippen molar-refractivity contribution in [1.29, 1.82) is 0 Å². The van der Waals surface area contributed by atoms with E-state index in [0.717, 1.165) is 49.2 Å². The first-order chi connectivity index (χ1) is 12.6. The Bertz CT molecular complexity index is 843. The van der Waals surface area contributed by atoms with Gasteiger partial charge in [-0.15, -0.1) is 0 Å². The zero-order chi connectivity index (χ0) is 18.1. The summed E-state index contributed by atoms with van der Waals surface area (Å²) in [5.41, 5.74) is 2.10. The zero-order valence-corrected chi connectivity index (χ0v) is 15.3. The van der Waals surface area contributed by atoms with Crippen LogP contribution in [-0.2, 0) is 15.0 Å². The van der Waals surface area contributed by atoms with E-state index in [0.29, 0.717) is 11.4 Å². The molecule has 0 aromatic heterocycles. The van der Waals surface area contributed by atoms with Crippen molar-refractivity contribution in [3.63, 3.8) is 0 Å². The lowest BCUT2D eigenvalue weighted by Gasteiger charge is -2.40. The summed E-state index contributed by atoms with van der Waals surface area (Å²) in [6, 6.07) is 15.1. The molecule has 2 fully saturated rings. The van der Waals surface area contributed by atoms with Crippen LogP contribution in [0.1, 0.15) is 37.7 Å². The van der Waals surface area contributed by atoms with E-state index in [-0.39, 0.29) is 11.8 Å². The molecule has 2 amide bonds. The summed E-state index contributed by atoms with van der Waals surface area (Å²) in [5, 5.41) is 3.74. The summed E-state index contributed by atoms with van der Waals surface area (Å²) >= 11 is 5.99. The Kier molecular flexibility index (Phi) is 4.45. The average molecular weight is 369 g/mol. The van der Waals surface area contributed by atoms with Crippen molar-refractivity contribution in [1.82, 2.24) is 0 Å². The van der Waals surface area contributed by atoms with E-state index < -0.39 is 5.41 Å². The summed E-state index contributed by atoms with van der Waals surface area (Å²) in [4.78, 5) is 26.8. The van der Waals surface area contributed by atoms with E-state index in [9.17, 15) is 9.59 Å². The smallest absolute Gasteiger partial charge is 0.235 e. The largest absolute Gasteiger partial charge is 0.325 e. The quantitative estimate of drug-likeness (QED) is 0.862. The first-order valence-electron chi connectivity index (χ1n) is 9.06. The van der Waals surface area contributed by atoms with Crippen LogP contribution in [0.3, 0.4) is 0 Å². The van der Waals surface area contributed by atoms with Crippen molar-refractivity contribution < 1.29 is 9.59 Å². The number of nitrogens with zero attached hydrogens (tertiary/aromatic N) is 1. The van der Waals surface area contributed by atoms with Gasteiger partial charge in [0.05, 0.1) is 5.41 Å². The Morgan fingerprint density at radius 3 is 2.46 bits per heavy atom. The van der Waals surface area contributed by atoms with Crippen LogP contribution in [0.5, 0.6) is 0 Å². The lowest BCUT2D eigenvalue weighted by atomic mass is 9.64. The maximum Gasteiger partial charge on any atom is 0.235 e. The van der Waals surface area contributed by atoms with E-state index in [4.69, 9.17) is 11.6 Å². The Morgan fingerprint density at radius 1 is 1.08 bits per heavy atom. The second-order valence-corrected chi connectivity index (χ2v) is 7.53. The van der Waals surface area contributed by atoms with Crippen LogP contribution >= 0.6 is 11.6 Å². The van der Waals surface area contributed by atoms with Crippen molar-refractivity contribution in [3.05, 3.63) is 59.1 Å². The van der Waals surface area contributed by atoms with Crippen LogP contribution < -0.4 is 10.2 Å². The molecule has 5 heteroatoms. The minimum absolute atomic E-state index is 0.0102. The van der Waals surface area contributed by atoms with Gasteiger partial charge >= 0.3 is 0 Å². The topological polar surface area (TPSA) is 49.4 Å². The summed E-state index contributed by atoms with van der Waals surface area (Å²) in [6.07, 6.45) is 4.19. The number of carbonyl (C=O) groups is 2. The normalized spacial score (nSPS) is 18.5. The monoisotopic (exact) mass is 368 g/mol. The first kappa shape index (κ1) is 17.1. The molecule has 1 aliphatic heterocycles. The molecule has 26 heavy (non-hydrogen) atoms. The standard InChI is InChI=1S/C21H21ClN2O2/c22-16-9-7-15(8-10-16)21(11-3-12-21)20(26)23-17-4-1-5-18(14-17)24-13-2-6-19(24)25/h1,4-5,7-10,14H,2-3,6,11-13H2,(H,23,26). The fourth-order valence-corrected chi connectivity index (χ4v) is 4.00. The van der Waals surface area contributed by atoms with Crippen molar-refractivity contribution in [2.24, 2.45) is 0 Å². The Morgan fingerprint density at radius 2 is 1.85 bits per heavy atom. The second-order valence-electron chi connectivity index (χ2n) is 7.10. The predicted octanol–water partition coefficient (Wildman–Crippen LogP) is 4.53. The molecule has 2 aromatic rings. The Hall–Kier alpha value is -2.33. The third-order valence-electron chi connectivity index (χ3n) is 5.53. The van der Waals surface area contributed by atoms with E-state index in [1.165, 1.54) is 0 Å². The van der Waals surface area contributed by atoms with Gasteiger partial charge in [0.1, 0.15) is 0 Å². The van der Waals surface area contributed by atoms with Gasteiger partial charge in [-0.3, -0.25) is 9.59 Å². The minimum atomic E-state index is -0.482. The van der Waals surface area contributed by atoms with Gasteiger partial charge in [-0.25, -0.2) is 0 Å². The van der Waals surface area contributed by atoms with Crippen molar-refractivity contribution in [2.45, 2.75) is 37.5 Å². The summed E-state index contributed by atoms with van der Waals surface area (Å²) < 4.78 is 0. The SMILES string of the molecule is O=C1CCCN1c1cccc(NC(=O)C2(c3ccc(Cl)cc3)CCC2)c1. The molecule has 2 aliphatic rings. The molecule has 2 aromatic carbocycles. The van der Waals surface area contributed by atoms with E-state index in [1.54, 1.807) is 4.90 Å². The number of benzene rings is 2. The number of rotatable bonds is 4. The molecular formula is C21H21ClN2O2. The van der Waals surface area contributed by atoms with Crippen LogP contribution in [-0.4, -0.2) is 18.4 Å². The fourth-order valence-electron chi connectivity index (χ4n) is 3.87. The molecule has 0 bridgehead atoms. The van der Waals surface area contributed by atoms with Gasteiger partial charge in [0.25, 0.3) is 0 Å². The van der Waals surface area contributed by atoms with Crippen LogP contribution in [0.25, 0.3) is 0 Å². The maximum atomic E-state index is 13.1. The van der Waals surface area contributed by atoms with Gasteiger partial charge in [-0.05, 0) is 55.2 Å². The highest BCUT2D eigenvalue weighted by Gasteiger charge is 2.45. The lowest BCUT2D eigenvalue weighted by Crippen LogP contribution is -2.46. The first-order valence-corrected chi connectivity index (χ1v) is 9.44. The van der Waals surface area contributed by atoms with Crippen molar-refractivity contribution in [3.8, 4) is 0 Å².